The van der Waals surface area contributed by atoms with Gasteiger partial charge in [0.2, 0.25) is 0 Å². The number of benzene rings is 1. The molecule has 3 rings (SSSR count). The van der Waals surface area contributed by atoms with Crippen LogP contribution in [0.5, 0.6) is 0 Å². The van der Waals surface area contributed by atoms with E-state index in [1.807, 2.05) is 0 Å². The molecular weight excluding hydrogens is 206 g/mol. The Balaban J connectivity index is 2.03. The minimum absolute atomic E-state index is 0.459. The summed E-state index contributed by atoms with van der Waals surface area (Å²) in [6.45, 7) is 5.87. The van der Waals surface area contributed by atoms with Gasteiger partial charge in [0.05, 0.1) is 0 Å². The average molecular weight is 229 g/mol. The molecule has 1 saturated carbocycles. The van der Waals surface area contributed by atoms with E-state index in [4.69, 9.17) is 0 Å². The molecule has 1 aromatic rings. The zero-order chi connectivity index (χ0) is 11.9. The average Bonchev–Trinajstić information content (AvgIpc) is 2.29. The van der Waals surface area contributed by atoms with E-state index >= 15 is 0 Å². The van der Waals surface area contributed by atoms with Crippen LogP contribution < -0.4 is 5.32 Å². The fourth-order valence-corrected chi connectivity index (χ4v) is 4.12. The molecule has 1 heterocycles. The molecule has 1 nitrogen and oxygen atoms in total. The van der Waals surface area contributed by atoms with Crippen LogP contribution >= 0.6 is 0 Å². The molecule has 3 atom stereocenters. The summed E-state index contributed by atoms with van der Waals surface area (Å²) in [5.41, 5.74) is 3.46. The van der Waals surface area contributed by atoms with Gasteiger partial charge in [-0.25, -0.2) is 0 Å². The zero-order valence-electron chi connectivity index (χ0n) is 11.0. The molecule has 1 aliphatic carbocycles. The summed E-state index contributed by atoms with van der Waals surface area (Å²) in [6, 6.07) is 9.98. The van der Waals surface area contributed by atoms with Crippen LogP contribution in [-0.2, 0) is 5.41 Å². The van der Waals surface area contributed by atoms with Gasteiger partial charge >= 0.3 is 0 Å². The number of fused-ring (bicyclic) bond motifs is 2. The first-order chi connectivity index (χ1) is 8.22. The van der Waals surface area contributed by atoms with Crippen molar-refractivity contribution in [2.24, 2.45) is 5.92 Å². The minimum atomic E-state index is 0.459. The lowest BCUT2D eigenvalue weighted by molar-refractivity contribution is 0.102. The van der Waals surface area contributed by atoms with Crippen LogP contribution in [0, 0.1) is 12.8 Å². The molecule has 2 fully saturated rings. The Labute approximate surface area is 105 Å². The maximum atomic E-state index is 3.71. The van der Waals surface area contributed by atoms with Crippen LogP contribution in [0.2, 0.25) is 0 Å². The molecule has 0 amide bonds. The standard InChI is InChI=1S/C16H23N/c1-12-5-3-6-14(11-12)16-8-4-7-15(13(16)2)17-10-9-16/h3,5-6,11,13,15,17H,4,7-10H2,1-2H3/t13-,15?,16+/m0/s1. The fourth-order valence-electron chi connectivity index (χ4n) is 4.12. The molecular formula is C16H23N. The lowest BCUT2D eigenvalue weighted by Gasteiger charge is -2.51. The van der Waals surface area contributed by atoms with Crippen molar-refractivity contribution in [2.75, 3.05) is 6.54 Å². The fraction of sp³-hybridized carbons (Fsp3) is 0.625. The number of aryl methyl sites for hydroxylation is 1. The van der Waals surface area contributed by atoms with Crippen molar-refractivity contribution in [3.63, 3.8) is 0 Å². The van der Waals surface area contributed by atoms with E-state index in [1.165, 1.54) is 37.8 Å². The first kappa shape index (κ1) is 11.3. The highest BCUT2D eigenvalue weighted by Crippen LogP contribution is 2.48. The quantitative estimate of drug-likeness (QED) is 0.778. The van der Waals surface area contributed by atoms with Crippen LogP contribution in [0.15, 0.2) is 24.3 Å². The van der Waals surface area contributed by atoms with Crippen molar-refractivity contribution in [3.8, 4) is 0 Å². The Kier molecular flexibility index (Phi) is 2.74. The van der Waals surface area contributed by atoms with Gasteiger partial charge in [-0.15, -0.1) is 0 Å². The third-order valence-electron chi connectivity index (χ3n) is 5.18. The molecule has 1 aliphatic heterocycles. The summed E-state index contributed by atoms with van der Waals surface area (Å²) in [6.07, 6.45) is 5.45. The van der Waals surface area contributed by atoms with Crippen molar-refractivity contribution in [1.29, 1.82) is 0 Å². The first-order valence-electron chi connectivity index (χ1n) is 7.03. The maximum absolute atomic E-state index is 3.71. The molecule has 1 N–H and O–H groups in total. The molecule has 92 valence electrons. The van der Waals surface area contributed by atoms with E-state index in [2.05, 4.69) is 43.4 Å². The van der Waals surface area contributed by atoms with E-state index in [9.17, 15) is 0 Å². The largest absolute Gasteiger partial charge is 0.314 e. The zero-order valence-corrected chi connectivity index (χ0v) is 11.0. The van der Waals surface area contributed by atoms with Crippen molar-refractivity contribution in [1.82, 2.24) is 5.32 Å². The van der Waals surface area contributed by atoms with Gasteiger partial charge in [0, 0.05) is 11.5 Å². The monoisotopic (exact) mass is 229 g/mol. The van der Waals surface area contributed by atoms with Gasteiger partial charge in [-0.2, -0.15) is 0 Å². The number of piperidine rings is 1. The second-order valence-electron chi connectivity index (χ2n) is 6.02. The van der Waals surface area contributed by atoms with E-state index in [-0.39, 0.29) is 0 Å². The van der Waals surface area contributed by atoms with E-state index < -0.39 is 0 Å². The Bertz CT molecular complexity index is 400. The predicted octanol–water partition coefficient (Wildman–Crippen LogP) is 3.41. The highest BCUT2D eigenvalue weighted by atomic mass is 14.9. The van der Waals surface area contributed by atoms with Crippen LogP contribution in [-0.4, -0.2) is 12.6 Å². The van der Waals surface area contributed by atoms with Gasteiger partial charge in [-0.05, 0) is 44.2 Å². The second kappa shape index (κ2) is 4.13. The van der Waals surface area contributed by atoms with Crippen LogP contribution in [0.4, 0.5) is 0 Å². The lowest BCUT2D eigenvalue weighted by Crippen LogP contribution is -2.55. The molecule has 1 aromatic carbocycles. The number of hydrogen-bond acceptors (Lipinski definition) is 1. The van der Waals surface area contributed by atoms with E-state index in [1.54, 1.807) is 5.56 Å². The van der Waals surface area contributed by atoms with Crippen LogP contribution in [0.1, 0.15) is 43.7 Å². The highest BCUT2D eigenvalue weighted by Gasteiger charge is 2.46. The molecule has 0 spiro atoms. The van der Waals surface area contributed by atoms with Crippen LogP contribution in [0.3, 0.4) is 0 Å². The maximum Gasteiger partial charge on any atom is 0.0101 e. The molecule has 0 aromatic heterocycles. The Morgan fingerprint density at radius 2 is 2.18 bits per heavy atom. The summed E-state index contributed by atoms with van der Waals surface area (Å²) in [7, 11) is 0. The highest BCUT2D eigenvalue weighted by molar-refractivity contribution is 5.32. The van der Waals surface area contributed by atoms with Gasteiger partial charge in [0.25, 0.3) is 0 Å². The smallest absolute Gasteiger partial charge is 0.0101 e. The molecule has 1 heteroatoms. The summed E-state index contributed by atoms with van der Waals surface area (Å²) in [4.78, 5) is 0. The Morgan fingerprint density at radius 3 is 3.00 bits per heavy atom. The third-order valence-corrected chi connectivity index (χ3v) is 5.18. The van der Waals surface area contributed by atoms with E-state index in [0.29, 0.717) is 5.41 Å². The number of nitrogens with one attached hydrogen (secondary N) is 1. The molecule has 1 unspecified atom stereocenters. The predicted molar refractivity (Wildman–Crippen MR) is 72.3 cm³/mol. The van der Waals surface area contributed by atoms with Crippen molar-refractivity contribution < 1.29 is 0 Å². The Morgan fingerprint density at radius 1 is 1.29 bits per heavy atom. The molecule has 2 bridgehead atoms. The third kappa shape index (κ3) is 1.72. The summed E-state index contributed by atoms with van der Waals surface area (Å²) >= 11 is 0. The SMILES string of the molecule is Cc1cccc([C@]23CCCC(NCC2)[C@@H]3C)c1. The summed E-state index contributed by atoms with van der Waals surface area (Å²) in [5, 5.41) is 3.71. The van der Waals surface area contributed by atoms with Gasteiger partial charge in [-0.1, -0.05) is 43.2 Å². The molecule has 17 heavy (non-hydrogen) atoms. The van der Waals surface area contributed by atoms with Crippen LogP contribution in [0.25, 0.3) is 0 Å². The topological polar surface area (TPSA) is 12.0 Å². The molecule has 1 saturated heterocycles. The Hall–Kier alpha value is -0.820. The number of hydrogen-bond donors (Lipinski definition) is 1. The lowest BCUT2D eigenvalue weighted by atomic mass is 9.58. The summed E-state index contributed by atoms with van der Waals surface area (Å²) < 4.78 is 0. The molecule has 0 radical (unpaired) electrons. The van der Waals surface area contributed by atoms with E-state index in [0.717, 1.165) is 12.0 Å². The van der Waals surface area contributed by atoms with Crippen molar-refractivity contribution in [3.05, 3.63) is 35.4 Å². The first-order valence-corrected chi connectivity index (χ1v) is 7.03. The van der Waals surface area contributed by atoms with Crippen molar-refractivity contribution in [2.45, 2.75) is 51.0 Å². The van der Waals surface area contributed by atoms with Gasteiger partial charge in [-0.3, -0.25) is 0 Å². The van der Waals surface area contributed by atoms with Gasteiger partial charge in [0.1, 0.15) is 0 Å². The van der Waals surface area contributed by atoms with Gasteiger partial charge < -0.3 is 5.32 Å². The minimum Gasteiger partial charge on any atom is -0.314 e. The number of rotatable bonds is 1. The normalized spacial score (nSPS) is 36.8. The van der Waals surface area contributed by atoms with Gasteiger partial charge in [0.15, 0.2) is 0 Å². The van der Waals surface area contributed by atoms with Crippen molar-refractivity contribution >= 4 is 0 Å². The second-order valence-corrected chi connectivity index (χ2v) is 6.02. The summed E-state index contributed by atoms with van der Waals surface area (Å²) in [5.74, 6) is 0.784. The molecule has 2 aliphatic rings.